The van der Waals surface area contributed by atoms with E-state index in [0.29, 0.717) is 13.2 Å². The third-order valence-corrected chi connectivity index (χ3v) is 2.45. The van der Waals surface area contributed by atoms with Gasteiger partial charge in [-0.1, -0.05) is 0 Å². The molecule has 4 heteroatoms. The second kappa shape index (κ2) is 4.87. The number of nitriles is 1. The molecule has 0 bridgehead atoms. The largest absolute Gasteiger partial charge is 0.361 e. The molecule has 1 aromatic rings. The van der Waals surface area contributed by atoms with E-state index in [4.69, 9.17) is 10.00 Å². The highest BCUT2D eigenvalue weighted by Gasteiger charge is 2.19. The van der Waals surface area contributed by atoms with Crippen LogP contribution < -0.4 is 0 Å². The first kappa shape index (κ1) is 10.1. The van der Waals surface area contributed by atoms with E-state index < -0.39 is 0 Å². The predicted molar refractivity (Wildman–Crippen MR) is 54.9 cm³/mol. The fourth-order valence-corrected chi connectivity index (χ4v) is 1.67. The first-order valence-corrected chi connectivity index (χ1v) is 5.01. The summed E-state index contributed by atoms with van der Waals surface area (Å²) >= 11 is 0. The van der Waals surface area contributed by atoms with Gasteiger partial charge in [0.15, 0.2) is 6.10 Å². The molecule has 0 radical (unpaired) electrons. The molecule has 0 aromatic carbocycles. The standard InChI is InChI=1S/C11H13N3O/c12-7-11-9-14(5-6-15-11)8-10-1-3-13-4-2-10/h1-4,11H,5-6,8-9H2. The predicted octanol–water partition coefficient (Wildman–Crippen LogP) is 0.806. The highest BCUT2D eigenvalue weighted by atomic mass is 16.5. The van der Waals surface area contributed by atoms with Crippen LogP contribution in [0.15, 0.2) is 24.5 Å². The zero-order valence-corrected chi connectivity index (χ0v) is 8.47. The molecule has 0 N–H and O–H groups in total. The van der Waals surface area contributed by atoms with E-state index in [1.165, 1.54) is 5.56 Å². The van der Waals surface area contributed by atoms with Gasteiger partial charge in [-0.15, -0.1) is 0 Å². The van der Waals surface area contributed by atoms with Gasteiger partial charge >= 0.3 is 0 Å². The van der Waals surface area contributed by atoms with Gasteiger partial charge in [0.05, 0.1) is 12.7 Å². The lowest BCUT2D eigenvalue weighted by molar-refractivity contribution is -0.00269. The Kier molecular flexibility index (Phi) is 3.28. The van der Waals surface area contributed by atoms with Crippen LogP contribution in [0, 0.1) is 11.3 Å². The van der Waals surface area contributed by atoms with Crippen molar-refractivity contribution in [3.8, 4) is 6.07 Å². The van der Waals surface area contributed by atoms with Crippen LogP contribution in [0.4, 0.5) is 0 Å². The van der Waals surface area contributed by atoms with Gasteiger partial charge < -0.3 is 4.74 Å². The first-order chi connectivity index (χ1) is 7.38. The quantitative estimate of drug-likeness (QED) is 0.713. The third-order valence-electron chi connectivity index (χ3n) is 2.45. The smallest absolute Gasteiger partial charge is 0.156 e. The molecule has 0 saturated carbocycles. The Hall–Kier alpha value is -1.44. The van der Waals surface area contributed by atoms with Crippen molar-refractivity contribution in [3.05, 3.63) is 30.1 Å². The highest BCUT2D eigenvalue weighted by molar-refractivity contribution is 5.09. The number of aromatic nitrogens is 1. The lowest BCUT2D eigenvalue weighted by atomic mass is 10.2. The van der Waals surface area contributed by atoms with Crippen molar-refractivity contribution in [2.24, 2.45) is 0 Å². The van der Waals surface area contributed by atoms with Crippen LogP contribution in [0.5, 0.6) is 0 Å². The second-order valence-electron chi connectivity index (χ2n) is 3.58. The number of rotatable bonds is 2. The van der Waals surface area contributed by atoms with E-state index in [0.717, 1.165) is 13.1 Å². The Bertz CT molecular complexity index is 347. The Balaban J connectivity index is 1.93. The van der Waals surface area contributed by atoms with E-state index in [-0.39, 0.29) is 6.10 Å². The molecule has 0 amide bonds. The first-order valence-electron chi connectivity index (χ1n) is 5.01. The second-order valence-corrected chi connectivity index (χ2v) is 3.58. The fraction of sp³-hybridized carbons (Fsp3) is 0.455. The molecular formula is C11H13N3O. The molecule has 78 valence electrons. The minimum atomic E-state index is -0.277. The average Bonchev–Trinajstić information content (AvgIpc) is 2.31. The molecule has 0 spiro atoms. The molecule has 1 unspecified atom stereocenters. The topological polar surface area (TPSA) is 49.2 Å². The summed E-state index contributed by atoms with van der Waals surface area (Å²) < 4.78 is 5.28. The number of nitrogens with zero attached hydrogens (tertiary/aromatic N) is 3. The summed E-state index contributed by atoms with van der Waals surface area (Å²) in [6, 6.07) is 6.14. The number of morpholine rings is 1. The van der Waals surface area contributed by atoms with Crippen molar-refractivity contribution in [1.82, 2.24) is 9.88 Å². The normalized spacial score (nSPS) is 22.2. The molecule has 0 aliphatic carbocycles. The monoisotopic (exact) mass is 203 g/mol. The van der Waals surface area contributed by atoms with Crippen LogP contribution in [0.3, 0.4) is 0 Å². The van der Waals surface area contributed by atoms with Gasteiger partial charge in [-0.05, 0) is 17.7 Å². The third kappa shape index (κ3) is 2.75. The lowest BCUT2D eigenvalue weighted by Gasteiger charge is -2.29. The molecule has 1 aromatic heterocycles. The summed E-state index contributed by atoms with van der Waals surface area (Å²) in [4.78, 5) is 6.20. The minimum absolute atomic E-state index is 0.277. The molecular weight excluding hydrogens is 190 g/mol. The van der Waals surface area contributed by atoms with Crippen LogP contribution in [-0.4, -0.2) is 35.7 Å². The van der Waals surface area contributed by atoms with Crippen LogP contribution in [0.25, 0.3) is 0 Å². The van der Waals surface area contributed by atoms with Crippen molar-refractivity contribution in [1.29, 1.82) is 5.26 Å². The van der Waals surface area contributed by atoms with Crippen LogP contribution in [-0.2, 0) is 11.3 Å². The zero-order valence-electron chi connectivity index (χ0n) is 8.47. The molecule has 1 saturated heterocycles. The zero-order chi connectivity index (χ0) is 10.5. The van der Waals surface area contributed by atoms with Crippen molar-refractivity contribution in [2.75, 3.05) is 19.7 Å². The molecule has 2 heterocycles. The Morgan fingerprint density at radius 1 is 1.53 bits per heavy atom. The minimum Gasteiger partial charge on any atom is -0.361 e. The Morgan fingerprint density at radius 3 is 3.07 bits per heavy atom. The summed E-state index contributed by atoms with van der Waals surface area (Å²) in [5, 5.41) is 8.76. The van der Waals surface area contributed by atoms with Gasteiger partial charge in [0.25, 0.3) is 0 Å². The molecule has 1 aliphatic heterocycles. The van der Waals surface area contributed by atoms with Gasteiger partial charge in [-0.2, -0.15) is 5.26 Å². The summed E-state index contributed by atoms with van der Waals surface area (Å²) in [5.74, 6) is 0. The Morgan fingerprint density at radius 2 is 2.33 bits per heavy atom. The molecule has 1 atom stereocenters. The van der Waals surface area contributed by atoms with Crippen molar-refractivity contribution < 1.29 is 4.74 Å². The summed E-state index contributed by atoms with van der Waals surface area (Å²) in [6.07, 6.45) is 3.30. The summed E-state index contributed by atoms with van der Waals surface area (Å²) in [6.45, 7) is 3.09. The molecule has 15 heavy (non-hydrogen) atoms. The van der Waals surface area contributed by atoms with Crippen LogP contribution >= 0.6 is 0 Å². The van der Waals surface area contributed by atoms with Crippen molar-refractivity contribution in [2.45, 2.75) is 12.6 Å². The highest BCUT2D eigenvalue weighted by Crippen LogP contribution is 2.09. The van der Waals surface area contributed by atoms with Gasteiger partial charge in [-0.25, -0.2) is 0 Å². The maximum absolute atomic E-state index is 8.76. The van der Waals surface area contributed by atoms with Crippen molar-refractivity contribution >= 4 is 0 Å². The van der Waals surface area contributed by atoms with E-state index in [1.54, 1.807) is 12.4 Å². The average molecular weight is 203 g/mol. The van der Waals surface area contributed by atoms with E-state index >= 15 is 0 Å². The lowest BCUT2D eigenvalue weighted by Crippen LogP contribution is -2.41. The number of hydrogen-bond acceptors (Lipinski definition) is 4. The Labute approximate surface area is 89.1 Å². The number of pyridine rings is 1. The maximum Gasteiger partial charge on any atom is 0.156 e. The molecule has 2 rings (SSSR count). The molecule has 4 nitrogen and oxygen atoms in total. The SMILES string of the molecule is N#CC1CN(Cc2ccncc2)CCO1. The van der Waals surface area contributed by atoms with Crippen LogP contribution in [0.1, 0.15) is 5.56 Å². The van der Waals surface area contributed by atoms with E-state index in [9.17, 15) is 0 Å². The van der Waals surface area contributed by atoms with Gasteiger partial charge in [0.1, 0.15) is 0 Å². The van der Waals surface area contributed by atoms with Gasteiger partial charge in [-0.3, -0.25) is 9.88 Å². The van der Waals surface area contributed by atoms with Crippen molar-refractivity contribution in [3.63, 3.8) is 0 Å². The number of hydrogen-bond donors (Lipinski definition) is 0. The van der Waals surface area contributed by atoms with Gasteiger partial charge in [0.2, 0.25) is 0 Å². The molecule has 1 fully saturated rings. The van der Waals surface area contributed by atoms with Crippen LogP contribution in [0.2, 0.25) is 0 Å². The number of ether oxygens (including phenoxy) is 1. The maximum atomic E-state index is 8.76. The van der Waals surface area contributed by atoms with E-state index in [2.05, 4.69) is 16.0 Å². The fourth-order valence-electron chi connectivity index (χ4n) is 1.67. The van der Waals surface area contributed by atoms with E-state index in [1.807, 2.05) is 12.1 Å². The summed E-state index contributed by atoms with van der Waals surface area (Å²) in [5.41, 5.74) is 1.23. The molecule has 1 aliphatic rings. The summed E-state index contributed by atoms with van der Waals surface area (Å²) in [7, 11) is 0. The van der Waals surface area contributed by atoms with Gasteiger partial charge in [0, 0.05) is 32.0 Å².